The van der Waals surface area contributed by atoms with Gasteiger partial charge in [-0.25, -0.2) is 4.68 Å². The summed E-state index contributed by atoms with van der Waals surface area (Å²) >= 11 is 7.73. The minimum atomic E-state index is -4.59. The predicted octanol–water partition coefficient (Wildman–Crippen LogP) is 5.76. The van der Waals surface area contributed by atoms with E-state index in [1.807, 2.05) is 18.4 Å². The lowest BCUT2D eigenvalue weighted by atomic mass is 10.0. The van der Waals surface area contributed by atoms with Gasteiger partial charge in [0.1, 0.15) is 16.6 Å². The van der Waals surface area contributed by atoms with Crippen molar-refractivity contribution in [3.63, 3.8) is 0 Å². The summed E-state index contributed by atoms with van der Waals surface area (Å²) in [6.45, 7) is 0. The van der Waals surface area contributed by atoms with E-state index in [9.17, 15) is 18.0 Å². The fraction of sp³-hybridized carbons (Fsp3) is 0.263. The van der Waals surface area contributed by atoms with Crippen molar-refractivity contribution < 1.29 is 22.4 Å². The van der Waals surface area contributed by atoms with E-state index in [-0.39, 0.29) is 23.0 Å². The Balaban J connectivity index is 1.70. The quantitative estimate of drug-likeness (QED) is 0.488. The van der Waals surface area contributed by atoms with Crippen LogP contribution in [0.2, 0.25) is 5.02 Å². The standard InChI is InChI=1S/C19H16ClF3N4O2S/c1-30-13-7-3-2-5-10(13)25-18(28)16-15(20)17-24-11(12-6-4-8-29-12)9-14(19(21,22)23)27(17)26-16/h2-8,11,14,24H,9H2,1H3,(H,25,28)/t11-,14+/m0/s1. The zero-order valence-corrected chi connectivity index (χ0v) is 17.1. The fourth-order valence-electron chi connectivity index (χ4n) is 3.34. The van der Waals surface area contributed by atoms with Crippen molar-refractivity contribution >= 4 is 40.8 Å². The molecule has 0 radical (unpaired) electrons. The molecule has 0 spiro atoms. The molecule has 158 valence electrons. The number of thioether (sulfide) groups is 1. The van der Waals surface area contributed by atoms with Crippen molar-refractivity contribution in [2.45, 2.75) is 29.6 Å². The molecular weight excluding hydrogens is 441 g/mol. The van der Waals surface area contributed by atoms with E-state index in [2.05, 4.69) is 15.7 Å². The van der Waals surface area contributed by atoms with Gasteiger partial charge in [0.25, 0.3) is 5.91 Å². The Morgan fingerprint density at radius 3 is 2.77 bits per heavy atom. The number of rotatable bonds is 4. The number of hydrogen-bond donors (Lipinski definition) is 2. The van der Waals surface area contributed by atoms with E-state index in [1.54, 1.807) is 24.3 Å². The van der Waals surface area contributed by atoms with Crippen LogP contribution in [-0.4, -0.2) is 28.1 Å². The molecular formula is C19H16ClF3N4O2S. The number of anilines is 2. The number of nitrogens with zero attached hydrogens (tertiary/aromatic N) is 2. The second kappa shape index (κ2) is 7.92. The molecule has 0 saturated carbocycles. The van der Waals surface area contributed by atoms with Crippen LogP contribution >= 0.6 is 23.4 Å². The molecule has 2 atom stereocenters. The summed E-state index contributed by atoms with van der Waals surface area (Å²) in [5.74, 6) is -0.428. The van der Waals surface area contributed by atoms with Gasteiger partial charge >= 0.3 is 6.18 Å². The van der Waals surface area contributed by atoms with Crippen LogP contribution in [0.25, 0.3) is 0 Å². The monoisotopic (exact) mass is 456 g/mol. The lowest BCUT2D eigenvalue weighted by Crippen LogP contribution is -2.35. The minimum Gasteiger partial charge on any atom is -0.467 e. The molecule has 30 heavy (non-hydrogen) atoms. The van der Waals surface area contributed by atoms with Crippen molar-refractivity contribution in [3.8, 4) is 0 Å². The van der Waals surface area contributed by atoms with Crippen LogP contribution in [0.4, 0.5) is 24.7 Å². The van der Waals surface area contributed by atoms with Gasteiger partial charge in [0.2, 0.25) is 0 Å². The van der Waals surface area contributed by atoms with Gasteiger partial charge in [-0.1, -0.05) is 23.7 Å². The third-order valence-electron chi connectivity index (χ3n) is 4.75. The first kappa shape index (κ1) is 20.7. The third-order valence-corrected chi connectivity index (χ3v) is 5.91. The smallest absolute Gasteiger partial charge is 0.410 e. The molecule has 3 heterocycles. The Morgan fingerprint density at radius 1 is 1.33 bits per heavy atom. The van der Waals surface area contributed by atoms with Crippen LogP contribution in [0.5, 0.6) is 0 Å². The van der Waals surface area contributed by atoms with Crippen molar-refractivity contribution in [1.29, 1.82) is 0 Å². The van der Waals surface area contributed by atoms with E-state index in [1.165, 1.54) is 18.0 Å². The fourth-order valence-corrected chi connectivity index (χ4v) is 4.16. The molecule has 1 amide bonds. The summed E-state index contributed by atoms with van der Waals surface area (Å²) in [6.07, 6.45) is -1.70. The molecule has 1 aliphatic heterocycles. The van der Waals surface area contributed by atoms with E-state index < -0.39 is 24.2 Å². The molecule has 2 aromatic heterocycles. The van der Waals surface area contributed by atoms with Gasteiger partial charge < -0.3 is 15.1 Å². The number of furan rings is 1. The van der Waals surface area contributed by atoms with Gasteiger partial charge in [0, 0.05) is 11.3 Å². The summed E-state index contributed by atoms with van der Waals surface area (Å²) in [5.41, 5.74) is 0.232. The Kier molecular flexibility index (Phi) is 5.46. The largest absolute Gasteiger partial charge is 0.467 e. The predicted molar refractivity (Wildman–Crippen MR) is 108 cm³/mol. The Morgan fingerprint density at radius 2 is 2.10 bits per heavy atom. The third kappa shape index (κ3) is 3.77. The number of nitrogens with one attached hydrogen (secondary N) is 2. The normalized spacial score (nSPS) is 18.6. The summed E-state index contributed by atoms with van der Waals surface area (Å²) in [6, 6.07) is 7.52. The summed E-state index contributed by atoms with van der Waals surface area (Å²) in [4.78, 5) is 13.6. The lowest BCUT2D eigenvalue weighted by molar-refractivity contribution is -0.174. The zero-order chi connectivity index (χ0) is 21.5. The van der Waals surface area contributed by atoms with Crippen LogP contribution in [0.1, 0.15) is 34.8 Å². The SMILES string of the molecule is CSc1ccccc1NC(=O)c1nn2c(c1Cl)N[C@H](c1ccco1)C[C@@H]2C(F)(F)F. The van der Waals surface area contributed by atoms with E-state index >= 15 is 0 Å². The zero-order valence-electron chi connectivity index (χ0n) is 15.5. The molecule has 4 rings (SSSR count). The van der Waals surface area contributed by atoms with Gasteiger partial charge in [-0.15, -0.1) is 11.8 Å². The number of halogens is 4. The summed E-state index contributed by atoms with van der Waals surface area (Å²) < 4.78 is 47.3. The number of para-hydroxylation sites is 1. The van der Waals surface area contributed by atoms with Crippen molar-refractivity contribution in [1.82, 2.24) is 9.78 Å². The highest BCUT2D eigenvalue weighted by Crippen LogP contribution is 2.46. The van der Waals surface area contributed by atoms with E-state index in [0.29, 0.717) is 11.4 Å². The molecule has 0 saturated heterocycles. The maximum Gasteiger partial charge on any atom is 0.410 e. The van der Waals surface area contributed by atoms with Gasteiger partial charge in [-0.05, 0) is 30.5 Å². The first-order valence-corrected chi connectivity index (χ1v) is 10.5. The highest BCUT2D eigenvalue weighted by atomic mass is 35.5. The summed E-state index contributed by atoms with van der Waals surface area (Å²) in [5, 5.41) is 9.33. The Hall–Kier alpha value is -2.59. The van der Waals surface area contributed by atoms with Crippen molar-refractivity contribution in [3.05, 3.63) is 59.1 Å². The van der Waals surface area contributed by atoms with E-state index in [0.717, 1.165) is 9.58 Å². The first-order chi connectivity index (χ1) is 14.3. The Bertz CT molecular complexity index is 1070. The molecule has 3 aromatic rings. The van der Waals surface area contributed by atoms with Crippen molar-refractivity contribution in [2.75, 3.05) is 16.9 Å². The number of alkyl halides is 3. The van der Waals surface area contributed by atoms with Gasteiger partial charge in [-0.3, -0.25) is 4.79 Å². The van der Waals surface area contributed by atoms with E-state index in [4.69, 9.17) is 16.0 Å². The number of aromatic nitrogens is 2. The highest BCUT2D eigenvalue weighted by Gasteiger charge is 2.48. The average molecular weight is 457 g/mol. The molecule has 0 fully saturated rings. The molecule has 0 bridgehead atoms. The molecule has 1 aliphatic rings. The minimum absolute atomic E-state index is 0.0741. The molecule has 0 aliphatic carbocycles. The van der Waals surface area contributed by atoms with Gasteiger partial charge in [0.05, 0.1) is 18.0 Å². The number of benzene rings is 1. The number of carbonyl (C=O) groups excluding carboxylic acids is 1. The second-order valence-corrected chi connectivity index (χ2v) is 7.84. The maximum absolute atomic E-state index is 13.8. The lowest BCUT2D eigenvalue weighted by Gasteiger charge is -2.32. The first-order valence-electron chi connectivity index (χ1n) is 8.88. The molecule has 0 unspecified atom stereocenters. The van der Waals surface area contributed by atoms with Crippen LogP contribution in [0.15, 0.2) is 52.0 Å². The van der Waals surface area contributed by atoms with Crippen LogP contribution < -0.4 is 10.6 Å². The number of hydrogen-bond acceptors (Lipinski definition) is 5. The van der Waals surface area contributed by atoms with Gasteiger partial charge in [0.15, 0.2) is 11.7 Å². The van der Waals surface area contributed by atoms with Crippen molar-refractivity contribution in [2.24, 2.45) is 0 Å². The average Bonchev–Trinajstić information content (AvgIpc) is 3.35. The van der Waals surface area contributed by atoms with Gasteiger partial charge in [-0.2, -0.15) is 18.3 Å². The second-order valence-electron chi connectivity index (χ2n) is 6.62. The molecule has 11 heteroatoms. The topological polar surface area (TPSA) is 72.1 Å². The maximum atomic E-state index is 13.8. The number of carbonyl (C=O) groups is 1. The van der Waals surface area contributed by atoms with Crippen LogP contribution in [-0.2, 0) is 0 Å². The summed E-state index contributed by atoms with van der Waals surface area (Å²) in [7, 11) is 0. The molecule has 6 nitrogen and oxygen atoms in total. The number of fused-ring (bicyclic) bond motifs is 1. The van der Waals surface area contributed by atoms with Crippen LogP contribution in [0, 0.1) is 0 Å². The van der Waals surface area contributed by atoms with Crippen LogP contribution in [0.3, 0.4) is 0 Å². The molecule has 2 N–H and O–H groups in total. The Labute approximate surface area is 178 Å². The highest BCUT2D eigenvalue weighted by molar-refractivity contribution is 7.98. The number of amides is 1. The molecule has 1 aromatic carbocycles.